The Balaban J connectivity index is 1.41. The maximum Gasteiger partial charge on any atom is 0.289 e. The van der Waals surface area contributed by atoms with Gasteiger partial charge in [0.15, 0.2) is 5.76 Å². The van der Waals surface area contributed by atoms with Crippen LogP contribution in [0.5, 0.6) is 0 Å². The largest absolute Gasteiger partial charge is 0.459 e. The van der Waals surface area contributed by atoms with Crippen LogP contribution >= 0.6 is 0 Å². The number of nitrogens with zero attached hydrogens (tertiary/aromatic N) is 2. The number of benzene rings is 2. The highest BCUT2D eigenvalue weighted by Gasteiger charge is 2.32. The van der Waals surface area contributed by atoms with Crippen molar-refractivity contribution in [1.82, 2.24) is 9.80 Å². The van der Waals surface area contributed by atoms with Crippen LogP contribution in [0.1, 0.15) is 52.3 Å². The molecule has 7 heteroatoms. The first-order valence-corrected chi connectivity index (χ1v) is 11.5. The second-order valence-electron chi connectivity index (χ2n) is 8.64. The van der Waals surface area contributed by atoms with Gasteiger partial charge in [0.2, 0.25) is 5.91 Å². The molecule has 1 aromatic heterocycles. The Kier molecular flexibility index (Phi) is 7.11. The molecule has 7 nitrogen and oxygen atoms in total. The molecule has 2 heterocycles. The standard InChI is InChI=1S/C27H29N3O4/c1-19(21-11-6-13-23(17-21)28-25(31)20-9-4-3-5-10-20)29(2)26(32)22-12-7-15-30(18-22)27(33)24-14-8-16-34-24/h3-6,8-11,13-14,16-17,19,22H,7,12,15,18H2,1-2H3,(H,28,31). The summed E-state index contributed by atoms with van der Waals surface area (Å²) in [6, 6.07) is 19.7. The van der Waals surface area contributed by atoms with Crippen LogP contribution in [0.3, 0.4) is 0 Å². The highest BCUT2D eigenvalue weighted by atomic mass is 16.3. The fourth-order valence-electron chi connectivity index (χ4n) is 4.29. The lowest BCUT2D eigenvalue weighted by atomic mass is 9.95. The molecule has 176 valence electrons. The Hall–Kier alpha value is -3.87. The molecule has 1 saturated heterocycles. The number of furan rings is 1. The van der Waals surface area contributed by atoms with Crippen LogP contribution in [0.25, 0.3) is 0 Å². The van der Waals surface area contributed by atoms with Gasteiger partial charge in [0.1, 0.15) is 0 Å². The minimum atomic E-state index is -0.263. The van der Waals surface area contributed by atoms with E-state index in [9.17, 15) is 14.4 Å². The van der Waals surface area contributed by atoms with Crippen molar-refractivity contribution in [1.29, 1.82) is 0 Å². The average molecular weight is 460 g/mol. The molecule has 2 unspecified atom stereocenters. The fraction of sp³-hybridized carbons (Fsp3) is 0.296. The maximum absolute atomic E-state index is 13.3. The van der Waals surface area contributed by atoms with Crippen molar-refractivity contribution in [3.63, 3.8) is 0 Å². The average Bonchev–Trinajstić information content (AvgIpc) is 3.43. The summed E-state index contributed by atoms with van der Waals surface area (Å²) < 4.78 is 5.24. The van der Waals surface area contributed by atoms with Crippen molar-refractivity contribution in [2.24, 2.45) is 5.92 Å². The molecule has 0 bridgehead atoms. The first-order valence-electron chi connectivity index (χ1n) is 11.5. The molecule has 0 aliphatic carbocycles. The van der Waals surface area contributed by atoms with Crippen LogP contribution in [0.15, 0.2) is 77.4 Å². The molecular weight excluding hydrogens is 430 g/mol. The predicted octanol–water partition coefficient (Wildman–Crippen LogP) is 4.60. The monoisotopic (exact) mass is 459 g/mol. The first-order chi connectivity index (χ1) is 16.4. The van der Waals surface area contributed by atoms with E-state index in [1.165, 1.54) is 6.26 Å². The third kappa shape index (κ3) is 5.20. The van der Waals surface area contributed by atoms with Crippen LogP contribution in [0.4, 0.5) is 5.69 Å². The molecule has 0 spiro atoms. The van der Waals surface area contributed by atoms with Gasteiger partial charge >= 0.3 is 0 Å². The van der Waals surface area contributed by atoms with Crippen molar-refractivity contribution >= 4 is 23.4 Å². The summed E-state index contributed by atoms with van der Waals surface area (Å²) in [5, 5.41) is 2.92. The van der Waals surface area contributed by atoms with Crippen molar-refractivity contribution < 1.29 is 18.8 Å². The minimum absolute atomic E-state index is 0.00293. The molecule has 2 atom stereocenters. The Morgan fingerprint density at radius 3 is 2.59 bits per heavy atom. The zero-order valence-electron chi connectivity index (χ0n) is 19.4. The van der Waals surface area contributed by atoms with Gasteiger partial charge in [-0.05, 0) is 61.7 Å². The number of hydrogen-bond donors (Lipinski definition) is 1. The molecule has 1 aliphatic heterocycles. The lowest BCUT2D eigenvalue weighted by molar-refractivity contribution is -0.137. The highest BCUT2D eigenvalue weighted by Crippen LogP contribution is 2.27. The summed E-state index contributed by atoms with van der Waals surface area (Å²) in [6.45, 7) is 2.96. The third-order valence-corrected chi connectivity index (χ3v) is 6.38. The molecule has 3 aromatic rings. The summed E-state index contributed by atoms with van der Waals surface area (Å²) in [7, 11) is 1.79. The summed E-state index contributed by atoms with van der Waals surface area (Å²) in [5.41, 5.74) is 2.17. The predicted molar refractivity (Wildman–Crippen MR) is 129 cm³/mol. The SMILES string of the molecule is CC(c1cccc(NC(=O)c2ccccc2)c1)N(C)C(=O)C1CCCN(C(=O)c2ccco2)C1. The van der Waals surface area contributed by atoms with Crippen molar-refractivity contribution in [2.75, 3.05) is 25.5 Å². The number of anilines is 1. The van der Waals surface area contributed by atoms with Gasteiger partial charge < -0.3 is 19.5 Å². The van der Waals surface area contributed by atoms with E-state index >= 15 is 0 Å². The summed E-state index contributed by atoms with van der Waals surface area (Å²) in [5.74, 6) is -0.327. The molecule has 1 fully saturated rings. The topological polar surface area (TPSA) is 82.9 Å². The van der Waals surface area contributed by atoms with Gasteiger partial charge in [-0.15, -0.1) is 0 Å². The Labute approximate surface area is 199 Å². The first kappa shape index (κ1) is 23.3. The molecule has 0 radical (unpaired) electrons. The van der Waals surface area contributed by atoms with E-state index in [1.807, 2.05) is 49.4 Å². The van der Waals surface area contributed by atoms with E-state index < -0.39 is 0 Å². The van der Waals surface area contributed by atoms with Crippen LogP contribution < -0.4 is 5.32 Å². The molecule has 34 heavy (non-hydrogen) atoms. The van der Waals surface area contributed by atoms with Gasteiger partial charge in [-0.3, -0.25) is 14.4 Å². The molecule has 1 aliphatic rings. The smallest absolute Gasteiger partial charge is 0.289 e. The fourth-order valence-corrected chi connectivity index (χ4v) is 4.29. The van der Waals surface area contributed by atoms with E-state index in [1.54, 1.807) is 41.1 Å². The van der Waals surface area contributed by atoms with E-state index in [0.29, 0.717) is 30.1 Å². The van der Waals surface area contributed by atoms with Crippen LogP contribution in [0.2, 0.25) is 0 Å². The van der Waals surface area contributed by atoms with E-state index in [2.05, 4.69) is 5.32 Å². The minimum Gasteiger partial charge on any atom is -0.459 e. The number of likely N-dealkylation sites (tertiary alicyclic amines) is 1. The lowest BCUT2D eigenvalue weighted by Gasteiger charge is -2.35. The van der Waals surface area contributed by atoms with E-state index in [0.717, 1.165) is 18.4 Å². The van der Waals surface area contributed by atoms with Crippen molar-refractivity contribution in [3.05, 3.63) is 89.9 Å². The maximum atomic E-state index is 13.3. The van der Waals surface area contributed by atoms with Gasteiger partial charge in [0.05, 0.1) is 18.2 Å². The van der Waals surface area contributed by atoms with E-state index in [4.69, 9.17) is 4.42 Å². The molecule has 2 aromatic carbocycles. The normalized spacial score (nSPS) is 16.5. The molecular formula is C27H29N3O4. The van der Waals surface area contributed by atoms with Crippen LogP contribution in [0, 0.1) is 5.92 Å². The Bertz CT molecular complexity index is 1140. The van der Waals surface area contributed by atoms with Crippen LogP contribution in [-0.4, -0.2) is 47.7 Å². The molecule has 0 saturated carbocycles. The number of rotatable bonds is 6. The zero-order chi connectivity index (χ0) is 24.1. The van der Waals surface area contributed by atoms with Crippen LogP contribution in [-0.2, 0) is 4.79 Å². The van der Waals surface area contributed by atoms with Gasteiger partial charge in [0, 0.05) is 31.4 Å². The van der Waals surface area contributed by atoms with Gasteiger partial charge in [-0.1, -0.05) is 30.3 Å². The number of nitrogens with one attached hydrogen (secondary N) is 1. The molecule has 1 N–H and O–H groups in total. The highest BCUT2D eigenvalue weighted by molar-refractivity contribution is 6.04. The third-order valence-electron chi connectivity index (χ3n) is 6.38. The quantitative estimate of drug-likeness (QED) is 0.584. The van der Waals surface area contributed by atoms with Gasteiger partial charge in [-0.25, -0.2) is 0 Å². The Morgan fingerprint density at radius 1 is 1.06 bits per heavy atom. The zero-order valence-corrected chi connectivity index (χ0v) is 19.4. The Morgan fingerprint density at radius 2 is 1.85 bits per heavy atom. The van der Waals surface area contributed by atoms with Crippen molar-refractivity contribution in [3.8, 4) is 0 Å². The van der Waals surface area contributed by atoms with Gasteiger partial charge in [0.25, 0.3) is 11.8 Å². The van der Waals surface area contributed by atoms with Gasteiger partial charge in [-0.2, -0.15) is 0 Å². The summed E-state index contributed by atoms with van der Waals surface area (Å²) in [6.07, 6.45) is 2.99. The number of carbonyl (C=O) groups is 3. The number of hydrogen-bond acceptors (Lipinski definition) is 4. The second kappa shape index (κ2) is 10.4. The number of carbonyl (C=O) groups excluding carboxylic acids is 3. The lowest BCUT2D eigenvalue weighted by Crippen LogP contribution is -2.46. The molecule has 4 rings (SSSR count). The summed E-state index contributed by atoms with van der Waals surface area (Å²) in [4.78, 5) is 41.9. The number of piperidine rings is 1. The molecule has 3 amide bonds. The second-order valence-corrected chi connectivity index (χ2v) is 8.64. The number of amides is 3. The summed E-state index contributed by atoms with van der Waals surface area (Å²) >= 11 is 0. The van der Waals surface area contributed by atoms with Crippen molar-refractivity contribution in [2.45, 2.75) is 25.8 Å². The van der Waals surface area contributed by atoms with E-state index in [-0.39, 0.29) is 29.7 Å².